The monoisotopic (exact) mass is 401 g/mol. The van der Waals surface area contributed by atoms with Crippen LogP contribution in [0, 0.1) is 0 Å². The van der Waals surface area contributed by atoms with Crippen LogP contribution in [0.5, 0.6) is 0 Å². The van der Waals surface area contributed by atoms with Gasteiger partial charge in [-0.05, 0) is 23.9 Å². The van der Waals surface area contributed by atoms with Crippen molar-refractivity contribution in [2.75, 3.05) is 5.32 Å². The molecular weight excluding hydrogens is 382 g/mol. The molecule has 0 saturated heterocycles. The third-order valence-corrected chi connectivity index (χ3v) is 5.91. The summed E-state index contributed by atoms with van der Waals surface area (Å²) < 4.78 is 1.89. The molecule has 27 heavy (non-hydrogen) atoms. The Labute approximate surface area is 165 Å². The van der Waals surface area contributed by atoms with Crippen molar-refractivity contribution < 1.29 is 9.59 Å². The first-order chi connectivity index (χ1) is 13.0. The van der Waals surface area contributed by atoms with Gasteiger partial charge < -0.3 is 15.6 Å². The zero-order valence-electron chi connectivity index (χ0n) is 14.9. The number of aromatic nitrogens is 3. The van der Waals surface area contributed by atoms with E-state index in [0.717, 1.165) is 11.4 Å². The molecule has 0 spiro atoms. The van der Waals surface area contributed by atoms with Crippen molar-refractivity contribution in [3.05, 3.63) is 58.7 Å². The van der Waals surface area contributed by atoms with Crippen LogP contribution in [0.1, 0.15) is 28.7 Å². The van der Waals surface area contributed by atoms with Gasteiger partial charge >= 0.3 is 0 Å². The molecule has 2 aromatic heterocycles. The Morgan fingerprint density at radius 3 is 2.70 bits per heavy atom. The molecule has 2 heterocycles. The van der Waals surface area contributed by atoms with Crippen LogP contribution in [0.15, 0.2) is 46.9 Å². The van der Waals surface area contributed by atoms with Crippen LogP contribution in [-0.2, 0) is 18.3 Å². The van der Waals surface area contributed by atoms with E-state index in [0.29, 0.717) is 22.1 Å². The van der Waals surface area contributed by atoms with Crippen LogP contribution in [-0.4, -0.2) is 31.8 Å². The molecular formula is C18H19N5O2S2. The van der Waals surface area contributed by atoms with Gasteiger partial charge in [0.15, 0.2) is 5.16 Å². The van der Waals surface area contributed by atoms with E-state index in [2.05, 4.69) is 15.5 Å². The number of benzene rings is 1. The molecule has 1 atom stereocenters. The Morgan fingerprint density at radius 2 is 2.00 bits per heavy atom. The molecule has 0 aliphatic heterocycles. The predicted octanol–water partition coefficient (Wildman–Crippen LogP) is 2.69. The summed E-state index contributed by atoms with van der Waals surface area (Å²) in [6.45, 7) is 1.78. The lowest BCUT2D eigenvalue weighted by Crippen LogP contribution is -2.24. The Morgan fingerprint density at radius 1 is 1.26 bits per heavy atom. The van der Waals surface area contributed by atoms with Crippen molar-refractivity contribution >= 4 is 39.9 Å². The summed E-state index contributed by atoms with van der Waals surface area (Å²) in [6.07, 6.45) is 0.669. The summed E-state index contributed by atoms with van der Waals surface area (Å²) in [5.74, 6) is 0.0360. The summed E-state index contributed by atoms with van der Waals surface area (Å²) in [5.41, 5.74) is 6.77. The van der Waals surface area contributed by atoms with E-state index in [4.69, 9.17) is 5.73 Å². The molecule has 0 aliphatic carbocycles. The molecule has 9 heteroatoms. The summed E-state index contributed by atoms with van der Waals surface area (Å²) >= 11 is 2.57. The lowest BCUT2D eigenvalue weighted by molar-refractivity contribution is -0.115. The van der Waals surface area contributed by atoms with Gasteiger partial charge in [0.1, 0.15) is 10.8 Å². The molecule has 0 fully saturated rings. The number of thiophene rings is 1. The molecule has 1 aromatic carbocycles. The Bertz CT molecular complexity index is 952. The Hall–Kier alpha value is -2.65. The normalized spacial score (nSPS) is 11.9. The zero-order chi connectivity index (χ0) is 19.4. The topological polar surface area (TPSA) is 103 Å². The minimum atomic E-state index is -0.564. The molecule has 7 nitrogen and oxygen atoms in total. The van der Waals surface area contributed by atoms with Gasteiger partial charge in [-0.15, -0.1) is 21.5 Å². The van der Waals surface area contributed by atoms with Crippen molar-refractivity contribution in [2.45, 2.75) is 23.8 Å². The molecule has 3 N–H and O–H groups in total. The van der Waals surface area contributed by atoms with Gasteiger partial charge in [-0.25, -0.2) is 0 Å². The highest BCUT2D eigenvalue weighted by atomic mass is 32.2. The third kappa shape index (κ3) is 4.55. The first-order valence-corrected chi connectivity index (χ1v) is 9.98. The van der Waals surface area contributed by atoms with E-state index < -0.39 is 11.2 Å². The SMILES string of the molecule is C[C@@H](Sc1nnc(Cc2ccccc2)n1C)C(=O)Nc1sccc1C(N)=O. The maximum atomic E-state index is 12.5. The van der Waals surface area contributed by atoms with Crippen molar-refractivity contribution in [3.63, 3.8) is 0 Å². The number of hydrogen-bond acceptors (Lipinski definition) is 6. The molecule has 0 bridgehead atoms. The molecule has 0 aliphatic rings. The van der Waals surface area contributed by atoms with Gasteiger partial charge in [0.2, 0.25) is 5.91 Å². The second-order valence-electron chi connectivity index (χ2n) is 5.90. The molecule has 0 unspecified atom stereocenters. The number of nitrogens with two attached hydrogens (primary N) is 1. The summed E-state index contributed by atoms with van der Waals surface area (Å²) in [5, 5.41) is 13.6. The predicted molar refractivity (Wildman–Crippen MR) is 107 cm³/mol. The van der Waals surface area contributed by atoms with Gasteiger partial charge in [0.05, 0.1) is 10.8 Å². The zero-order valence-corrected chi connectivity index (χ0v) is 16.5. The Balaban J connectivity index is 1.65. The number of amides is 2. The van der Waals surface area contributed by atoms with Gasteiger partial charge in [-0.2, -0.15) is 0 Å². The van der Waals surface area contributed by atoms with E-state index in [1.54, 1.807) is 18.4 Å². The lowest BCUT2D eigenvalue weighted by atomic mass is 10.1. The number of thioether (sulfide) groups is 1. The standard InChI is InChI=1S/C18H19N5O2S2/c1-11(16(25)20-17-13(15(19)24)8-9-26-17)27-18-22-21-14(23(18)2)10-12-6-4-3-5-7-12/h3-9,11H,10H2,1-2H3,(H2,19,24)(H,20,25)/t11-/m1/s1. The van der Waals surface area contributed by atoms with Crippen molar-refractivity contribution in [3.8, 4) is 0 Å². The largest absolute Gasteiger partial charge is 0.366 e. The number of rotatable bonds is 7. The van der Waals surface area contributed by atoms with Gasteiger partial charge in [0, 0.05) is 13.5 Å². The van der Waals surface area contributed by atoms with E-state index >= 15 is 0 Å². The van der Waals surface area contributed by atoms with Crippen LogP contribution in [0.2, 0.25) is 0 Å². The van der Waals surface area contributed by atoms with Crippen molar-refractivity contribution in [2.24, 2.45) is 12.8 Å². The summed E-state index contributed by atoms with van der Waals surface area (Å²) in [7, 11) is 1.88. The van der Waals surface area contributed by atoms with Gasteiger partial charge in [0.25, 0.3) is 5.91 Å². The third-order valence-electron chi connectivity index (χ3n) is 3.95. The first kappa shape index (κ1) is 19.1. The molecule has 3 aromatic rings. The smallest absolute Gasteiger partial charge is 0.251 e. The van der Waals surface area contributed by atoms with Crippen molar-refractivity contribution in [1.82, 2.24) is 14.8 Å². The average molecular weight is 402 g/mol. The number of nitrogens with one attached hydrogen (secondary N) is 1. The van der Waals surface area contributed by atoms with Gasteiger partial charge in [-0.3, -0.25) is 9.59 Å². The van der Waals surface area contributed by atoms with Gasteiger partial charge in [-0.1, -0.05) is 42.1 Å². The minimum absolute atomic E-state index is 0.224. The van der Waals surface area contributed by atoms with Crippen LogP contribution >= 0.6 is 23.1 Å². The Kier molecular flexibility index (Phi) is 5.92. The van der Waals surface area contributed by atoms with Crippen LogP contribution < -0.4 is 11.1 Å². The highest BCUT2D eigenvalue weighted by molar-refractivity contribution is 8.00. The fourth-order valence-corrected chi connectivity index (χ4v) is 4.03. The molecule has 0 radical (unpaired) electrons. The molecule has 0 saturated carbocycles. The highest BCUT2D eigenvalue weighted by Gasteiger charge is 2.21. The number of nitrogens with zero attached hydrogens (tertiary/aromatic N) is 3. The fraction of sp³-hybridized carbons (Fsp3) is 0.222. The minimum Gasteiger partial charge on any atom is -0.366 e. The average Bonchev–Trinajstić information content (AvgIpc) is 3.24. The van der Waals surface area contributed by atoms with Crippen LogP contribution in [0.25, 0.3) is 0 Å². The number of primary amides is 1. The second kappa shape index (κ2) is 8.36. The fourth-order valence-electron chi connectivity index (χ4n) is 2.41. The quantitative estimate of drug-likeness (QED) is 0.593. The molecule has 2 amide bonds. The maximum absolute atomic E-state index is 12.5. The maximum Gasteiger partial charge on any atom is 0.251 e. The molecule has 140 valence electrons. The second-order valence-corrected chi connectivity index (χ2v) is 8.12. The van der Waals surface area contributed by atoms with E-state index in [-0.39, 0.29) is 5.91 Å². The van der Waals surface area contributed by atoms with E-state index in [9.17, 15) is 9.59 Å². The number of anilines is 1. The van der Waals surface area contributed by atoms with Crippen LogP contribution in [0.4, 0.5) is 5.00 Å². The number of carbonyl (C=O) groups excluding carboxylic acids is 2. The first-order valence-electron chi connectivity index (χ1n) is 8.22. The molecule has 3 rings (SSSR count). The highest BCUT2D eigenvalue weighted by Crippen LogP contribution is 2.26. The van der Waals surface area contributed by atoms with E-state index in [1.807, 2.05) is 41.9 Å². The number of carbonyl (C=O) groups is 2. The van der Waals surface area contributed by atoms with E-state index in [1.165, 1.54) is 23.1 Å². The summed E-state index contributed by atoms with van der Waals surface area (Å²) in [6, 6.07) is 11.6. The lowest BCUT2D eigenvalue weighted by Gasteiger charge is -2.11. The summed E-state index contributed by atoms with van der Waals surface area (Å²) in [4.78, 5) is 23.8. The van der Waals surface area contributed by atoms with Crippen molar-refractivity contribution in [1.29, 1.82) is 0 Å². The van der Waals surface area contributed by atoms with Crippen LogP contribution in [0.3, 0.4) is 0 Å². The number of hydrogen-bond donors (Lipinski definition) is 2.